The van der Waals surface area contributed by atoms with Crippen molar-refractivity contribution >= 4 is 5.97 Å². The van der Waals surface area contributed by atoms with Gasteiger partial charge in [-0.3, -0.25) is 0 Å². The van der Waals surface area contributed by atoms with Crippen molar-refractivity contribution in [1.82, 2.24) is 0 Å². The van der Waals surface area contributed by atoms with Crippen molar-refractivity contribution in [2.75, 3.05) is 6.61 Å². The summed E-state index contributed by atoms with van der Waals surface area (Å²) in [5.41, 5.74) is 0.906. The third-order valence-electron chi connectivity index (χ3n) is 2.66. The van der Waals surface area contributed by atoms with Gasteiger partial charge in [0.25, 0.3) is 0 Å². The predicted octanol–water partition coefficient (Wildman–Crippen LogP) is 1.87. The highest BCUT2D eigenvalue weighted by molar-refractivity contribution is 5.74. The van der Waals surface area contributed by atoms with E-state index in [-0.39, 0.29) is 0 Å². The molecule has 0 aliphatic carbocycles. The van der Waals surface area contributed by atoms with E-state index in [1.807, 2.05) is 12.1 Å². The normalized spacial score (nSPS) is 16.2. The summed E-state index contributed by atoms with van der Waals surface area (Å²) in [6.45, 7) is 2.30. The van der Waals surface area contributed by atoms with Gasteiger partial charge in [0.1, 0.15) is 11.5 Å². The molecule has 0 radical (unpaired) electrons. The fourth-order valence-electron chi connectivity index (χ4n) is 1.78. The van der Waals surface area contributed by atoms with Crippen LogP contribution in [0.4, 0.5) is 0 Å². The van der Waals surface area contributed by atoms with Crippen LogP contribution in [-0.2, 0) is 11.2 Å². The smallest absolute Gasteiger partial charge is 0.345 e. The molecule has 4 nitrogen and oxygen atoms in total. The number of carboxylic acid groups (broad SMARTS) is 1. The lowest BCUT2D eigenvalue weighted by atomic mass is 10.1. The van der Waals surface area contributed by atoms with Gasteiger partial charge in [0.2, 0.25) is 0 Å². The van der Waals surface area contributed by atoms with Gasteiger partial charge in [0.15, 0.2) is 6.10 Å². The van der Waals surface area contributed by atoms with Crippen molar-refractivity contribution in [2.45, 2.75) is 25.9 Å². The first-order chi connectivity index (χ1) is 8.70. The van der Waals surface area contributed by atoms with Crippen LogP contribution in [0.3, 0.4) is 0 Å². The molecule has 1 atom stereocenters. The summed E-state index contributed by atoms with van der Waals surface area (Å²) < 4.78 is 10.8. The lowest BCUT2D eigenvalue weighted by Crippen LogP contribution is -2.24. The van der Waals surface area contributed by atoms with Crippen LogP contribution in [0.25, 0.3) is 0 Å². The first-order valence-electron chi connectivity index (χ1n) is 5.75. The van der Waals surface area contributed by atoms with E-state index in [0.29, 0.717) is 30.9 Å². The Hall–Kier alpha value is -2.15. The van der Waals surface area contributed by atoms with E-state index in [0.717, 1.165) is 5.56 Å². The molecule has 94 valence electrons. The third-order valence-corrected chi connectivity index (χ3v) is 2.66. The van der Waals surface area contributed by atoms with Crippen LogP contribution in [0.1, 0.15) is 18.9 Å². The summed E-state index contributed by atoms with van der Waals surface area (Å²) in [5.74, 6) is 6.04. The van der Waals surface area contributed by atoms with Gasteiger partial charge in [-0.2, -0.15) is 0 Å². The van der Waals surface area contributed by atoms with Crippen molar-refractivity contribution in [3.63, 3.8) is 0 Å². The van der Waals surface area contributed by atoms with Crippen LogP contribution in [-0.4, -0.2) is 23.8 Å². The Morgan fingerprint density at radius 3 is 3.17 bits per heavy atom. The second kappa shape index (κ2) is 5.46. The molecular formula is C14H14O4. The Morgan fingerprint density at radius 1 is 1.61 bits per heavy atom. The SMILES string of the molecule is CC#CCCOc1ccc2c(c1)OC(C(=O)O)C2. The molecule has 0 saturated heterocycles. The zero-order valence-corrected chi connectivity index (χ0v) is 10.1. The zero-order valence-electron chi connectivity index (χ0n) is 10.1. The number of aliphatic carboxylic acids is 1. The van der Waals surface area contributed by atoms with Crippen molar-refractivity contribution in [3.8, 4) is 23.3 Å². The second-order valence-electron chi connectivity index (χ2n) is 3.94. The summed E-state index contributed by atoms with van der Waals surface area (Å²) in [6, 6.07) is 5.41. The maximum atomic E-state index is 10.8. The minimum atomic E-state index is -0.938. The summed E-state index contributed by atoms with van der Waals surface area (Å²) in [4.78, 5) is 10.8. The molecule has 1 aromatic rings. The Balaban J connectivity index is 1.99. The molecule has 1 unspecified atom stereocenters. The molecule has 0 fully saturated rings. The van der Waals surface area contributed by atoms with E-state index in [4.69, 9.17) is 14.6 Å². The first-order valence-corrected chi connectivity index (χ1v) is 5.75. The van der Waals surface area contributed by atoms with Crippen LogP contribution in [0.5, 0.6) is 11.5 Å². The summed E-state index contributed by atoms with van der Waals surface area (Å²) in [5, 5.41) is 8.88. The van der Waals surface area contributed by atoms with Crippen molar-refractivity contribution in [3.05, 3.63) is 23.8 Å². The number of carboxylic acids is 1. The number of ether oxygens (including phenoxy) is 2. The van der Waals surface area contributed by atoms with Gasteiger partial charge in [0, 0.05) is 18.9 Å². The van der Waals surface area contributed by atoms with Gasteiger partial charge < -0.3 is 14.6 Å². The highest BCUT2D eigenvalue weighted by atomic mass is 16.5. The molecule has 2 rings (SSSR count). The predicted molar refractivity (Wildman–Crippen MR) is 65.8 cm³/mol. The van der Waals surface area contributed by atoms with E-state index in [1.54, 1.807) is 13.0 Å². The maximum absolute atomic E-state index is 10.8. The summed E-state index contributed by atoms with van der Waals surface area (Å²) >= 11 is 0. The van der Waals surface area contributed by atoms with Crippen LogP contribution in [0.2, 0.25) is 0 Å². The third kappa shape index (κ3) is 2.75. The molecule has 1 heterocycles. The number of fused-ring (bicyclic) bond motifs is 1. The number of hydrogen-bond donors (Lipinski definition) is 1. The largest absolute Gasteiger partial charge is 0.492 e. The van der Waals surface area contributed by atoms with Gasteiger partial charge in [-0.05, 0) is 18.6 Å². The average Bonchev–Trinajstić information content (AvgIpc) is 2.78. The van der Waals surface area contributed by atoms with Gasteiger partial charge >= 0.3 is 5.97 Å². The van der Waals surface area contributed by atoms with Gasteiger partial charge in [-0.15, -0.1) is 11.8 Å². The fourth-order valence-corrected chi connectivity index (χ4v) is 1.78. The highest BCUT2D eigenvalue weighted by Crippen LogP contribution is 2.32. The second-order valence-corrected chi connectivity index (χ2v) is 3.94. The lowest BCUT2D eigenvalue weighted by Gasteiger charge is -2.06. The van der Waals surface area contributed by atoms with E-state index in [2.05, 4.69) is 11.8 Å². The van der Waals surface area contributed by atoms with Gasteiger partial charge in [-0.25, -0.2) is 4.79 Å². The van der Waals surface area contributed by atoms with Crippen molar-refractivity contribution in [1.29, 1.82) is 0 Å². The molecular weight excluding hydrogens is 232 g/mol. The Bertz CT molecular complexity index is 510. The molecule has 0 saturated carbocycles. The number of benzene rings is 1. The number of carbonyl (C=O) groups is 1. The van der Waals surface area contributed by atoms with E-state index in [1.165, 1.54) is 0 Å². The molecule has 4 heteroatoms. The molecule has 1 aromatic carbocycles. The maximum Gasteiger partial charge on any atom is 0.345 e. The average molecular weight is 246 g/mol. The molecule has 0 amide bonds. The number of hydrogen-bond acceptors (Lipinski definition) is 3. The summed E-state index contributed by atoms with van der Waals surface area (Å²) in [7, 11) is 0. The van der Waals surface area contributed by atoms with E-state index in [9.17, 15) is 4.79 Å². The Morgan fingerprint density at radius 2 is 2.44 bits per heavy atom. The molecule has 0 aromatic heterocycles. The van der Waals surface area contributed by atoms with Crippen LogP contribution in [0, 0.1) is 11.8 Å². The molecule has 1 aliphatic rings. The Labute approximate surface area is 106 Å². The minimum Gasteiger partial charge on any atom is -0.492 e. The monoisotopic (exact) mass is 246 g/mol. The quantitative estimate of drug-likeness (QED) is 0.651. The van der Waals surface area contributed by atoms with Crippen LogP contribution >= 0.6 is 0 Å². The Kier molecular flexibility index (Phi) is 3.73. The molecule has 18 heavy (non-hydrogen) atoms. The molecule has 1 aliphatic heterocycles. The van der Waals surface area contributed by atoms with E-state index < -0.39 is 12.1 Å². The van der Waals surface area contributed by atoms with Crippen molar-refractivity contribution < 1.29 is 19.4 Å². The van der Waals surface area contributed by atoms with E-state index >= 15 is 0 Å². The van der Waals surface area contributed by atoms with Gasteiger partial charge in [0.05, 0.1) is 6.61 Å². The fraction of sp³-hybridized carbons (Fsp3) is 0.357. The molecule has 0 bridgehead atoms. The summed E-state index contributed by atoms with van der Waals surface area (Å²) in [6.07, 6.45) is 0.305. The van der Waals surface area contributed by atoms with Crippen LogP contribution < -0.4 is 9.47 Å². The number of rotatable bonds is 4. The van der Waals surface area contributed by atoms with Gasteiger partial charge in [-0.1, -0.05) is 6.07 Å². The molecule has 0 spiro atoms. The van der Waals surface area contributed by atoms with Crippen molar-refractivity contribution in [2.24, 2.45) is 0 Å². The first kappa shape index (κ1) is 12.3. The minimum absolute atomic E-state index is 0.409. The van der Waals surface area contributed by atoms with Crippen LogP contribution in [0.15, 0.2) is 18.2 Å². The zero-order chi connectivity index (χ0) is 13.0. The molecule has 1 N–H and O–H groups in total. The standard InChI is InChI=1S/C14H14O4/c1-2-3-4-7-17-11-6-5-10-8-13(14(15)16)18-12(10)9-11/h5-6,9,13H,4,7-8H2,1H3,(H,15,16). The highest BCUT2D eigenvalue weighted by Gasteiger charge is 2.28. The lowest BCUT2D eigenvalue weighted by molar-refractivity contribution is -0.144. The topological polar surface area (TPSA) is 55.8 Å².